The summed E-state index contributed by atoms with van der Waals surface area (Å²) in [6.45, 7) is 1.73. The molecule has 1 aromatic carbocycles. The first-order chi connectivity index (χ1) is 7.70. The number of hydrogen-bond acceptors (Lipinski definition) is 3. The van der Waals surface area contributed by atoms with Gasteiger partial charge in [0.25, 0.3) is 0 Å². The molecule has 0 radical (unpaired) electrons. The molecule has 0 aliphatic rings. The number of carbonyl (C=O) groups is 1. The predicted octanol–water partition coefficient (Wildman–Crippen LogP) is 2.32. The lowest BCUT2D eigenvalue weighted by Crippen LogP contribution is -2.31. The third-order valence-electron chi connectivity index (χ3n) is 2.29. The topological polar surface area (TPSA) is 86.1 Å². The van der Waals surface area contributed by atoms with E-state index in [0.717, 1.165) is 0 Å². The number of benzene rings is 1. The van der Waals surface area contributed by atoms with Crippen molar-refractivity contribution in [1.82, 2.24) is 0 Å². The lowest BCUT2D eigenvalue weighted by atomic mass is 9.99. The molecular weight excluding hydrogens is 206 g/mol. The van der Waals surface area contributed by atoms with Gasteiger partial charge < -0.3 is 5.11 Å². The Kier molecular flexibility index (Phi) is 4.51. The molecule has 5 nitrogen and oxygen atoms in total. The summed E-state index contributed by atoms with van der Waals surface area (Å²) in [4.78, 5) is 14.5. The number of nitrogens with zero attached hydrogens (tertiary/aromatic N) is 3. The molecule has 0 aromatic heterocycles. The first-order valence-electron chi connectivity index (χ1n) is 5.02. The lowest BCUT2D eigenvalue weighted by Gasteiger charge is -2.15. The van der Waals surface area contributed by atoms with Crippen molar-refractivity contribution < 1.29 is 9.90 Å². The minimum atomic E-state index is -1.04. The minimum Gasteiger partial charge on any atom is -0.392 e. The van der Waals surface area contributed by atoms with Gasteiger partial charge in [-0.1, -0.05) is 42.4 Å². The van der Waals surface area contributed by atoms with Crippen LogP contribution in [0.4, 0.5) is 0 Å². The maximum absolute atomic E-state index is 11.9. The van der Waals surface area contributed by atoms with Gasteiger partial charge in [-0.3, -0.25) is 4.79 Å². The Labute approximate surface area is 93.3 Å². The van der Waals surface area contributed by atoms with Gasteiger partial charge in [0.1, 0.15) is 6.04 Å². The Morgan fingerprint density at radius 2 is 2.12 bits per heavy atom. The van der Waals surface area contributed by atoms with E-state index in [1.54, 1.807) is 37.3 Å². The number of hydrogen-bond donors (Lipinski definition) is 1. The number of aliphatic hydroxyl groups is 1. The second kappa shape index (κ2) is 5.90. The van der Waals surface area contributed by atoms with Gasteiger partial charge in [0.15, 0.2) is 5.78 Å². The summed E-state index contributed by atoms with van der Waals surface area (Å²) in [5.41, 5.74) is 8.81. The minimum absolute atomic E-state index is 0.354. The molecular formula is C11H13N3O2. The number of rotatable bonds is 5. The van der Waals surface area contributed by atoms with Gasteiger partial charge in [-0.2, -0.15) is 0 Å². The van der Waals surface area contributed by atoms with Crippen molar-refractivity contribution in [2.45, 2.75) is 25.5 Å². The van der Waals surface area contributed by atoms with Crippen LogP contribution in [0.5, 0.6) is 0 Å². The van der Waals surface area contributed by atoms with Gasteiger partial charge in [0.05, 0.1) is 6.10 Å². The van der Waals surface area contributed by atoms with Crippen molar-refractivity contribution in [3.8, 4) is 0 Å². The summed E-state index contributed by atoms with van der Waals surface area (Å²) in [5.74, 6) is -0.354. The fraction of sp³-hybridized carbons (Fsp3) is 0.364. The molecule has 0 bridgehead atoms. The molecule has 1 aromatic rings. The van der Waals surface area contributed by atoms with Crippen molar-refractivity contribution in [2.75, 3.05) is 0 Å². The summed E-state index contributed by atoms with van der Waals surface area (Å²) >= 11 is 0. The average molecular weight is 219 g/mol. The van der Waals surface area contributed by atoms with Crippen molar-refractivity contribution in [3.05, 3.63) is 46.3 Å². The number of aliphatic hydroxyl groups excluding tert-OH is 1. The smallest absolute Gasteiger partial charge is 0.174 e. The molecule has 0 spiro atoms. The maximum Gasteiger partial charge on any atom is 0.174 e. The van der Waals surface area contributed by atoms with E-state index < -0.39 is 12.1 Å². The quantitative estimate of drug-likeness (QED) is 0.356. The molecule has 0 heterocycles. The first-order valence-corrected chi connectivity index (χ1v) is 5.02. The van der Waals surface area contributed by atoms with E-state index in [2.05, 4.69) is 10.0 Å². The zero-order valence-electron chi connectivity index (χ0n) is 8.95. The average Bonchev–Trinajstić information content (AvgIpc) is 2.35. The normalized spacial score (nSPS) is 13.6. The van der Waals surface area contributed by atoms with Crippen LogP contribution in [-0.4, -0.2) is 23.0 Å². The van der Waals surface area contributed by atoms with E-state index >= 15 is 0 Å². The second-order valence-corrected chi connectivity index (χ2v) is 3.36. The Balaban J connectivity index is 2.96. The first kappa shape index (κ1) is 12.2. The van der Waals surface area contributed by atoms with Crippen LogP contribution in [0.3, 0.4) is 0 Å². The fourth-order valence-corrected chi connectivity index (χ4v) is 1.36. The highest BCUT2D eigenvalue weighted by molar-refractivity contribution is 6.00. The van der Waals surface area contributed by atoms with Crippen molar-refractivity contribution in [2.24, 2.45) is 5.11 Å². The Morgan fingerprint density at radius 1 is 1.50 bits per heavy atom. The molecule has 2 atom stereocenters. The van der Waals surface area contributed by atoms with Crippen LogP contribution in [0.25, 0.3) is 10.4 Å². The van der Waals surface area contributed by atoms with Crippen LogP contribution in [0.2, 0.25) is 0 Å². The molecule has 0 amide bonds. The van der Waals surface area contributed by atoms with Crippen molar-refractivity contribution >= 4 is 5.78 Å². The highest BCUT2D eigenvalue weighted by Gasteiger charge is 2.25. The molecule has 0 saturated heterocycles. The van der Waals surface area contributed by atoms with Crippen LogP contribution in [0, 0.1) is 0 Å². The number of carbonyl (C=O) groups excluding carboxylic acids is 1. The molecule has 5 heteroatoms. The number of Topliss-reactive ketones (excluding diaryl/α,β-unsaturated/α-hetero) is 1. The molecule has 1 rings (SSSR count). The van der Waals surface area contributed by atoms with Crippen LogP contribution < -0.4 is 0 Å². The van der Waals surface area contributed by atoms with Gasteiger partial charge in [-0.15, -0.1) is 0 Å². The highest BCUT2D eigenvalue weighted by atomic mass is 16.3. The highest BCUT2D eigenvalue weighted by Crippen LogP contribution is 2.12. The SMILES string of the molecule is CC[C@H](O)[C@@H](N=[N+]=[N-])C(=O)c1ccccc1. The van der Waals surface area contributed by atoms with Crippen molar-refractivity contribution in [3.63, 3.8) is 0 Å². The van der Waals surface area contributed by atoms with E-state index in [1.165, 1.54) is 0 Å². The molecule has 16 heavy (non-hydrogen) atoms. The van der Waals surface area contributed by atoms with Crippen LogP contribution in [0.1, 0.15) is 23.7 Å². The summed E-state index contributed by atoms with van der Waals surface area (Å²) in [6.07, 6.45) is -0.578. The van der Waals surface area contributed by atoms with Crippen molar-refractivity contribution in [1.29, 1.82) is 0 Å². The number of azide groups is 1. The Bertz CT molecular complexity index is 399. The van der Waals surface area contributed by atoms with Gasteiger partial charge in [-0.05, 0) is 12.0 Å². The van der Waals surface area contributed by atoms with Gasteiger partial charge in [0.2, 0.25) is 0 Å². The molecule has 0 saturated carbocycles. The van der Waals surface area contributed by atoms with Gasteiger partial charge in [0, 0.05) is 10.5 Å². The van der Waals surface area contributed by atoms with Crippen LogP contribution in [0.15, 0.2) is 35.4 Å². The van der Waals surface area contributed by atoms with Gasteiger partial charge >= 0.3 is 0 Å². The second-order valence-electron chi connectivity index (χ2n) is 3.36. The monoisotopic (exact) mass is 219 g/mol. The fourth-order valence-electron chi connectivity index (χ4n) is 1.36. The van der Waals surface area contributed by atoms with E-state index in [9.17, 15) is 9.90 Å². The van der Waals surface area contributed by atoms with E-state index in [0.29, 0.717) is 12.0 Å². The third kappa shape index (κ3) is 2.82. The van der Waals surface area contributed by atoms with Crippen LogP contribution >= 0.6 is 0 Å². The van der Waals surface area contributed by atoms with Gasteiger partial charge in [-0.25, -0.2) is 0 Å². The van der Waals surface area contributed by atoms with Crippen LogP contribution in [-0.2, 0) is 0 Å². The standard InChI is InChI=1S/C11H13N3O2/c1-2-9(15)10(13-14-12)11(16)8-6-4-3-5-7-8/h3-7,9-10,15H,2H2,1H3/t9-,10+/m0/s1. The molecule has 1 N–H and O–H groups in total. The van der Waals surface area contributed by atoms with E-state index in [4.69, 9.17) is 5.53 Å². The molecule has 84 valence electrons. The molecule has 0 aliphatic heterocycles. The maximum atomic E-state index is 11.9. The molecule has 0 aliphatic carbocycles. The third-order valence-corrected chi connectivity index (χ3v) is 2.29. The summed E-state index contributed by atoms with van der Waals surface area (Å²) < 4.78 is 0. The summed E-state index contributed by atoms with van der Waals surface area (Å²) in [6, 6.07) is 7.44. The number of ketones is 1. The summed E-state index contributed by atoms with van der Waals surface area (Å²) in [7, 11) is 0. The zero-order chi connectivity index (χ0) is 12.0. The molecule has 0 unspecified atom stereocenters. The Hall–Kier alpha value is -1.84. The molecule has 0 fully saturated rings. The lowest BCUT2D eigenvalue weighted by molar-refractivity contribution is 0.0812. The van der Waals surface area contributed by atoms with E-state index in [-0.39, 0.29) is 5.78 Å². The predicted molar refractivity (Wildman–Crippen MR) is 60.0 cm³/mol. The van der Waals surface area contributed by atoms with E-state index in [1.807, 2.05) is 0 Å². The summed E-state index contributed by atoms with van der Waals surface area (Å²) in [5, 5.41) is 12.9. The largest absolute Gasteiger partial charge is 0.392 e. The zero-order valence-corrected chi connectivity index (χ0v) is 8.95. The Morgan fingerprint density at radius 3 is 2.62 bits per heavy atom.